The Morgan fingerprint density at radius 2 is 1.62 bits per heavy atom. The average molecular weight is 581 g/mol. The SMILES string of the molecule is Cc1nc(N)c2nc(CNc3ccc(C(=O)N[C@@H](CCCNC(=O)OC(C)(C)C)C(=O)OC(C)(C)C)cc3)cnc2n1. The van der Waals surface area contributed by atoms with Crippen LogP contribution in [-0.4, -0.2) is 61.7 Å². The number of nitrogens with one attached hydrogen (secondary N) is 3. The first-order valence-corrected chi connectivity index (χ1v) is 13.7. The van der Waals surface area contributed by atoms with Crippen molar-refractivity contribution in [3.05, 3.63) is 47.5 Å². The molecule has 0 saturated carbocycles. The van der Waals surface area contributed by atoms with Gasteiger partial charge >= 0.3 is 12.1 Å². The number of hydrogen-bond acceptors (Lipinski definition) is 11. The molecule has 2 heterocycles. The van der Waals surface area contributed by atoms with E-state index >= 15 is 0 Å². The van der Waals surface area contributed by atoms with E-state index in [0.29, 0.717) is 41.2 Å². The molecule has 1 atom stereocenters. The number of carbonyl (C=O) groups excluding carboxylic acids is 3. The van der Waals surface area contributed by atoms with Gasteiger partial charge in [0.1, 0.15) is 23.1 Å². The molecule has 0 radical (unpaired) electrons. The van der Waals surface area contributed by atoms with Crippen molar-refractivity contribution in [2.45, 2.75) is 85.1 Å². The van der Waals surface area contributed by atoms with Crippen molar-refractivity contribution in [1.29, 1.82) is 0 Å². The van der Waals surface area contributed by atoms with E-state index in [0.717, 1.165) is 5.69 Å². The number of nitrogens with two attached hydrogens (primary N) is 1. The highest BCUT2D eigenvalue weighted by Crippen LogP contribution is 2.16. The van der Waals surface area contributed by atoms with Gasteiger partial charge < -0.3 is 31.2 Å². The maximum atomic E-state index is 13.0. The number of hydrogen-bond donors (Lipinski definition) is 4. The minimum absolute atomic E-state index is 0.262. The highest BCUT2D eigenvalue weighted by Gasteiger charge is 2.27. The number of esters is 1. The Morgan fingerprint density at radius 1 is 0.952 bits per heavy atom. The van der Waals surface area contributed by atoms with Gasteiger partial charge in [0.25, 0.3) is 5.91 Å². The van der Waals surface area contributed by atoms with Crippen LogP contribution in [0.5, 0.6) is 0 Å². The van der Waals surface area contributed by atoms with Crippen molar-refractivity contribution in [2.24, 2.45) is 0 Å². The van der Waals surface area contributed by atoms with Crippen molar-refractivity contribution < 1.29 is 23.9 Å². The molecule has 0 unspecified atom stereocenters. The van der Waals surface area contributed by atoms with Crippen LogP contribution in [0, 0.1) is 6.92 Å². The van der Waals surface area contributed by atoms with E-state index in [1.807, 2.05) is 0 Å². The van der Waals surface area contributed by atoms with Crippen LogP contribution < -0.4 is 21.7 Å². The molecule has 226 valence electrons. The third-order valence-electron chi connectivity index (χ3n) is 5.55. The summed E-state index contributed by atoms with van der Waals surface area (Å²) in [7, 11) is 0. The van der Waals surface area contributed by atoms with Crippen LogP contribution in [0.15, 0.2) is 30.5 Å². The predicted octanol–water partition coefficient (Wildman–Crippen LogP) is 3.67. The molecule has 0 saturated heterocycles. The zero-order valence-electron chi connectivity index (χ0n) is 25.2. The molecule has 2 amide bonds. The van der Waals surface area contributed by atoms with Crippen molar-refractivity contribution in [3.8, 4) is 0 Å². The minimum Gasteiger partial charge on any atom is -0.458 e. The maximum Gasteiger partial charge on any atom is 0.407 e. The third-order valence-corrected chi connectivity index (χ3v) is 5.55. The number of nitrogen functional groups attached to an aromatic ring is 1. The Morgan fingerprint density at radius 3 is 2.26 bits per heavy atom. The highest BCUT2D eigenvalue weighted by atomic mass is 16.6. The maximum absolute atomic E-state index is 13.0. The number of fused-ring (bicyclic) bond motifs is 1. The summed E-state index contributed by atoms with van der Waals surface area (Å²) in [6, 6.07) is 5.89. The molecule has 5 N–H and O–H groups in total. The number of nitrogens with zero attached hydrogens (tertiary/aromatic N) is 4. The molecule has 0 spiro atoms. The summed E-state index contributed by atoms with van der Waals surface area (Å²) < 4.78 is 10.7. The van der Waals surface area contributed by atoms with Crippen molar-refractivity contribution >= 4 is 40.6 Å². The molecule has 3 aromatic rings. The number of aromatic nitrogens is 4. The Balaban J connectivity index is 1.59. The number of benzene rings is 1. The van der Waals surface area contributed by atoms with Gasteiger partial charge in [0.2, 0.25) is 0 Å². The van der Waals surface area contributed by atoms with Crippen LogP contribution >= 0.6 is 0 Å². The molecule has 2 aromatic heterocycles. The summed E-state index contributed by atoms with van der Waals surface area (Å²) >= 11 is 0. The average Bonchev–Trinajstić information content (AvgIpc) is 2.87. The Kier molecular flexibility index (Phi) is 10.2. The molecule has 0 fully saturated rings. The molecular formula is C29H40N8O5. The van der Waals surface area contributed by atoms with Gasteiger partial charge in [0, 0.05) is 17.8 Å². The van der Waals surface area contributed by atoms with Gasteiger partial charge in [-0.15, -0.1) is 0 Å². The van der Waals surface area contributed by atoms with Gasteiger partial charge in [-0.05, 0) is 85.6 Å². The van der Waals surface area contributed by atoms with Crippen molar-refractivity contribution in [1.82, 2.24) is 30.6 Å². The quantitative estimate of drug-likeness (QED) is 0.203. The highest BCUT2D eigenvalue weighted by molar-refractivity contribution is 5.97. The molecule has 13 heteroatoms. The number of rotatable bonds is 10. The lowest BCUT2D eigenvalue weighted by molar-refractivity contribution is -0.157. The lowest BCUT2D eigenvalue weighted by Gasteiger charge is -2.25. The summed E-state index contributed by atoms with van der Waals surface area (Å²) in [5, 5.41) is 8.65. The van der Waals surface area contributed by atoms with Crippen LogP contribution in [-0.2, 0) is 20.8 Å². The minimum atomic E-state index is -0.901. The third kappa shape index (κ3) is 10.1. The lowest BCUT2D eigenvalue weighted by atomic mass is 10.1. The first kappa shape index (κ1) is 32.0. The fourth-order valence-electron chi connectivity index (χ4n) is 3.77. The lowest BCUT2D eigenvalue weighted by Crippen LogP contribution is -2.44. The van der Waals surface area contributed by atoms with Crippen molar-refractivity contribution in [2.75, 3.05) is 17.6 Å². The first-order valence-electron chi connectivity index (χ1n) is 13.7. The molecule has 1 aromatic carbocycles. The Hall–Kier alpha value is -4.55. The second-order valence-corrected chi connectivity index (χ2v) is 11.8. The zero-order valence-corrected chi connectivity index (χ0v) is 25.2. The topological polar surface area (TPSA) is 183 Å². The van der Waals surface area contributed by atoms with Crippen molar-refractivity contribution in [3.63, 3.8) is 0 Å². The normalized spacial score (nSPS) is 12.4. The van der Waals surface area contributed by atoms with E-state index in [4.69, 9.17) is 15.2 Å². The second-order valence-electron chi connectivity index (χ2n) is 11.8. The molecule has 42 heavy (non-hydrogen) atoms. The van der Waals surface area contributed by atoms with Crippen LogP contribution in [0.1, 0.15) is 76.3 Å². The number of ether oxygens (including phenoxy) is 2. The summed E-state index contributed by atoms with van der Waals surface area (Å²) in [5.74, 6) is -0.184. The summed E-state index contributed by atoms with van der Waals surface area (Å²) in [5.41, 5.74) is 7.25. The molecule has 0 bridgehead atoms. The molecule has 3 rings (SSSR count). The monoisotopic (exact) mass is 580 g/mol. The summed E-state index contributed by atoms with van der Waals surface area (Å²) in [4.78, 5) is 54.9. The van der Waals surface area contributed by atoms with Gasteiger partial charge in [0.05, 0.1) is 18.4 Å². The number of amides is 2. The smallest absolute Gasteiger partial charge is 0.407 e. The largest absolute Gasteiger partial charge is 0.458 e. The number of anilines is 2. The van der Waals surface area contributed by atoms with E-state index in [-0.39, 0.29) is 18.8 Å². The standard InChI is InChI=1S/C29H40N8O5/c1-17-34-23(30)22-24(35-17)33-16-20(36-22)15-32-19-12-10-18(11-13-19)25(38)37-21(26(39)41-28(2,3)4)9-8-14-31-27(40)42-29(5,6)7/h10-13,16,21,32H,8-9,14-15H2,1-7H3,(H,31,40)(H,37,38)(H2,30,33,34,35)/t21-/m0/s1. The molecule has 0 aliphatic heterocycles. The molecule has 0 aliphatic rings. The van der Waals surface area contributed by atoms with Gasteiger partial charge in [-0.2, -0.15) is 0 Å². The Bertz CT molecular complexity index is 1410. The fraction of sp³-hybridized carbons (Fsp3) is 0.483. The summed E-state index contributed by atoms with van der Waals surface area (Å²) in [6.07, 6.45) is 1.75. The number of aryl methyl sites for hydroxylation is 1. The number of carbonyl (C=O) groups is 3. The van der Waals surface area contributed by atoms with E-state index in [2.05, 4.69) is 35.9 Å². The van der Waals surface area contributed by atoms with Gasteiger partial charge in [0.15, 0.2) is 17.0 Å². The van der Waals surface area contributed by atoms with E-state index in [1.54, 1.807) is 78.9 Å². The fourth-order valence-corrected chi connectivity index (χ4v) is 3.77. The van der Waals surface area contributed by atoms with Crippen LogP contribution in [0.3, 0.4) is 0 Å². The molecular weight excluding hydrogens is 540 g/mol. The summed E-state index contributed by atoms with van der Waals surface area (Å²) in [6.45, 7) is 13.0. The predicted molar refractivity (Wildman–Crippen MR) is 159 cm³/mol. The number of alkyl carbamates (subject to hydrolysis) is 1. The molecule has 13 nitrogen and oxygen atoms in total. The van der Waals surface area contributed by atoms with E-state index in [1.165, 1.54) is 0 Å². The van der Waals surface area contributed by atoms with Gasteiger partial charge in [-0.25, -0.2) is 29.5 Å². The van der Waals surface area contributed by atoms with Crippen LogP contribution in [0.4, 0.5) is 16.3 Å². The van der Waals surface area contributed by atoms with Gasteiger partial charge in [-0.3, -0.25) is 4.79 Å². The van der Waals surface area contributed by atoms with Crippen LogP contribution in [0.2, 0.25) is 0 Å². The van der Waals surface area contributed by atoms with E-state index in [9.17, 15) is 14.4 Å². The second kappa shape index (κ2) is 13.4. The van der Waals surface area contributed by atoms with Gasteiger partial charge in [-0.1, -0.05) is 0 Å². The zero-order chi connectivity index (χ0) is 31.1. The molecule has 0 aliphatic carbocycles. The first-order chi connectivity index (χ1) is 19.6. The van der Waals surface area contributed by atoms with Crippen LogP contribution in [0.25, 0.3) is 11.2 Å². The Labute approximate surface area is 245 Å². The van der Waals surface area contributed by atoms with E-state index < -0.39 is 35.2 Å².